The molecule has 3 aromatic rings. The number of carbonyl (C=O) groups excluding carboxylic acids is 1. The molecule has 1 amide bonds. The van der Waals surface area contributed by atoms with E-state index in [1.165, 1.54) is 0 Å². The minimum atomic E-state index is -0.192. The van der Waals surface area contributed by atoms with Crippen molar-refractivity contribution in [3.05, 3.63) is 59.8 Å². The Morgan fingerprint density at radius 1 is 1.08 bits per heavy atom. The number of hydrogen-bond acceptors (Lipinski definition) is 4. The minimum Gasteiger partial charge on any atom is -0.486 e. The van der Waals surface area contributed by atoms with Crippen molar-refractivity contribution in [2.45, 2.75) is 6.92 Å². The van der Waals surface area contributed by atoms with E-state index >= 15 is 0 Å². The van der Waals surface area contributed by atoms with Crippen LogP contribution in [0.4, 0.5) is 5.69 Å². The van der Waals surface area contributed by atoms with Crippen LogP contribution in [0.15, 0.2) is 48.7 Å². The number of aryl methyl sites for hydroxylation is 1. The van der Waals surface area contributed by atoms with Gasteiger partial charge in [0.1, 0.15) is 13.2 Å². The number of hydrogen-bond donors (Lipinski definition) is 1. The molecule has 1 aliphatic rings. The van der Waals surface area contributed by atoms with Crippen LogP contribution in [0.3, 0.4) is 0 Å². The van der Waals surface area contributed by atoms with E-state index in [0.717, 1.165) is 16.5 Å². The van der Waals surface area contributed by atoms with E-state index in [4.69, 9.17) is 9.47 Å². The first-order chi connectivity index (χ1) is 11.7. The summed E-state index contributed by atoms with van der Waals surface area (Å²) in [6.07, 6.45) is 1.72. The van der Waals surface area contributed by atoms with Gasteiger partial charge in [0.2, 0.25) is 0 Å². The van der Waals surface area contributed by atoms with Crippen molar-refractivity contribution in [1.82, 2.24) is 4.98 Å². The molecule has 0 atom stereocenters. The fourth-order valence-electron chi connectivity index (χ4n) is 2.83. The van der Waals surface area contributed by atoms with E-state index in [0.29, 0.717) is 36.0 Å². The Hall–Kier alpha value is -3.08. The maximum absolute atomic E-state index is 12.7. The molecule has 5 nitrogen and oxygen atoms in total. The average molecular weight is 320 g/mol. The van der Waals surface area contributed by atoms with Crippen LogP contribution in [-0.4, -0.2) is 24.1 Å². The molecule has 24 heavy (non-hydrogen) atoms. The first-order valence-corrected chi connectivity index (χ1v) is 7.78. The zero-order valence-electron chi connectivity index (χ0n) is 13.2. The van der Waals surface area contributed by atoms with Crippen LogP contribution in [0.1, 0.15) is 15.9 Å². The Morgan fingerprint density at radius 3 is 2.67 bits per heavy atom. The Bertz CT molecular complexity index is 932. The highest BCUT2D eigenvalue weighted by atomic mass is 16.6. The van der Waals surface area contributed by atoms with Gasteiger partial charge in [-0.25, -0.2) is 0 Å². The largest absolute Gasteiger partial charge is 0.486 e. The van der Waals surface area contributed by atoms with Crippen molar-refractivity contribution in [1.29, 1.82) is 0 Å². The number of aromatic nitrogens is 1. The summed E-state index contributed by atoms with van der Waals surface area (Å²) in [4.78, 5) is 17.1. The number of nitrogens with one attached hydrogen (secondary N) is 1. The van der Waals surface area contributed by atoms with Crippen LogP contribution in [-0.2, 0) is 0 Å². The van der Waals surface area contributed by atoms with Gasteiger partial charge in [-0.05, 0) is 36.8 Å². The fraction of sp³-hybridized carbons (Fsp3) is 0.158. The van der Waals surface area contributed by atoms with Gasteiger partial charge in [0.05, 0.1) is 11.2 Å². The van der Waals surface area contributed by atoms with Gasteiger partial charge in [-0.1, -0.05) is 18.2 Å². The molecule has 0 saturated carbocycles. The zero-order valence-corrected chi connectivity index (χ0v) is 13.2. The van der Waals surface area contributed by atoms with E-state index in [1.807, 2.05) is 43.3 Å². The summed E-state index contributed by atoms with van der Waals surface area (Å²) < 4.78 is 11.1. The maximum atomic E-state index is 12.7. The van der Waals surface area contributed by atoms with Gasteiger partial charge in [-0.3, -0.25) is 9.78 Å². The monoisotopic (exact) mass is 320 g/mol. The van der Waals surface area contributed by atoms with Crippen molar-refractivity contribution in [3.8, 4) is 11.5 Å². The van der Waals surface area contributed by atoms with Crippen molar-refractivity contribution in [2.75, 3.05) is 18.5 Å². The summed E-state index contributed by atoms with van der Waals surface area (Å²) in [6.45, 7) is 2.90. The fourth-order valence-corrected chi connectivity index (χ4v) is 2.83. The lowest BCUT2D eigenvalue weighted by Crippen LogP contribution is -2.18. The number of amides is 1. The van der Waals surface area contributed by atoms with Crippen molar-refractivity contribution >= 4 is 22.5 Å². The Morgan fingerprint density at radius 2 is 1.83 bits per heavy atom. The van der Waals surface area contributed by atoms with Gasteiger partial charge in [0.15, 0.2) is 11.5 Å². The van der Waals surface area contributed by atoms with Gasteiger partial charge in [0.25, 0.3) is 5.91 Å². The molecule has 4 rings (SSSR count). The number of fused-ring (bicyclic) bond motifs is 2. The summed E-state index contributed by atoms with van der Waals surface area (Å²) in [6, 6.07) is 13.1. The molecule has 120 valence electrons. The smallest absolute Gasteiger partial charge is 0.256 e. The molecule has 0 unspecified atom stereocenters. The molecule has 2 heterocycles. The van der Waals surface area contributed by atoms with Crippen LogP contribution in [0.2, 0.25) is 0 Å². The molecule has 0 bridgehead atoms. The Labute approximate surface area is 139 Å². The first kappa shape index (κ1) is 14.5. The normalized spacial score (nSPS) is 12.9. The summed E-state index contributed by atoms with van der Waals surface area (Å²) in [7, 11) is 0. The van der Waals surface area contributed by atoms with Gasteiger partial charge in [-0.15, -0.1) is 0 Å². The quantitative estimate of drug-likeness (QED) is 0.784. The predicted molar refractivity (Wildman–Crippen MR) is 91.9 cm³/mol. The predicted octanol–water partition coefficient (Wildman–Crippen LogP) is 3.57. The number of pyridine rings is 1. The summed E-state index contributed by atoms with van der Waals surface area (Å²) >= 11 is 0. The lowest BCUT2D eigenvalue weighted by atomic mass is 10.1. The molecular weight excluding hydrogens is 304 g/mol. The third kappa shape index (κ3) is 2.54. The summed E-state index contributed by atoms with van der Waals surface area (Å²) in [5.74, 6) is 1.10. The topological polar surface area (TPSA) is 60.5 Å². The molecule has 0 aliphatic carbocycles. The number of anilines is 1. The van der Waals surface area contributed by atoms with Crippen molar-refractivity contribution in [3.63, 3.8) is 0 Å². The highest BCUT2D eigenvalue weighted by Gasteiger charge is 2.18. The molecule has 2 aromatic carbocycles. The standard InChI is InChI=1S/C19H16N2O3/c1-12-10-16-17(24-9-8-23-16)11-14(12)19(22)21-15-6-2-4-13-5-3-7-20-18(13)15/h2-7,10-11H,8-9H2,1H3,(H,21,22). The van der Waals surface area contributed by atoms with Gasteiger partial charge < -0.3 is 14.8 Å². The second kappa shape index (κ2) is 5.85. The molecule has 0 saturated heterocycles. The molecule has 1 aliphatic heterocycles. The lowest BCUT2D eigenvalue weighted by Gasteiger charge is -2.20. The van der Waals surface area contributed by atoms with Gasteiger partial charge in [0, 0.05) is 17.1 Å². The second-order valence-electron chi connectivity index (χ2n) is 5.65. The summed E-state index contributed by atoms with van der Waals surface area (Å²) in [5, 5.41) is 3.93. The van der Waals surface area contributed by atoms with Crippen molar-refractivity contribution in [2.24, 2.45) is 0 Å². The van der Waals surface area contributed by atoms with Crippen LogP contribution in [0.5, 0.6) is 11.5 Å². The van der Waals surface area contributed by atoms with E-state index in [9.17, 15) is 4.79 Å². The number of ether oxygens (including phenoxy) is 2. The first-order valence-electron chi connectivity index (χ1n) is 7.78. The van der Waals surface area contributed by atoms with Crippen molar-refractivity contribution < 1.29 is 14.3 Å². The molecule has 1 aromatic heterocycles. The van der Waals surface area contributed by atoms with Gasteiger partial charge >= 0.3 is 0 Å². The van der Waals surface area contributed by atoms with E-state index in [2.05, 4.69) is 10.3 Å². The molecule has 0 radical (unpaired) electrons. The summed E-state index contributed by atoms with van der Waals surface area (Å²) in [5.41, 5.74) is 2.85. The molecular formula is C19H16N2O3. The highest BCUT2D eigenvalue weighted by Crippen LogP contribution is 2.33. The van der Waals surface area contributed by atoms with Crippen LogP contribution < -0.4 is 14.8 Å². The molecule has 5 heteroatoms. The van der Waals surface area contributed by atoms with E-state index in [-0.39, 0.29) is 5.91 Å². The number of carbonyl (C=O) groups is 1. The van der Waals surface area contributed by atoms with Gasteiger partial charge in [-0.2, -0.15) is 0 Å². The number of nitrogens with zero attached hydrogens (tertiary/aromatic N) is 1. The molecule has 0 fully saturated rings. The second-order valence-corrected chi connectivity index (χ2v) is 5.65. The van der Waals surface area contributed by atoms with Crippen LogP contribution >= 0.6 is 0 Å². The van der Waals surface area contributed by atoms with E-state index in [1.54, 1.807) is 12.3 Å². The lowest BCUT2D eigenvalue weighted by molar-refractivity contribution is 0.102. The van der Waals surface area contributed by atoms with E-state index < -0.39 is 0 Å². The highest BCUT2D eigenvalue weighted by molar-refractivity contribution is 6.09. The number of rotatable bonds is 2. The number of benzene rings is 2. The third-order valence-corrected chi connectivity index (χ3v) is 4.01. The van der Waals surface area contributed by atoms with Crippen LogP contribution in [0.25, 0.3) is 10.9 Å². The van der Waals surface area contributed by atoms with Crippen LogP contribution in [0, 0.1) is 6.92 Å². The number of para-hydroxylation sites is 1. The molecule has 0 spiro atoms. The maximum Gasteiger partial charge on any atom is 0.256 e. The average Bonchev–Trinajstić information content (AvgIpc) is 2.61. The molecule has 1 N–H and O–H groups in total. The zero-order chi connectivity index (χ0) is 16.5. The SMILES string of the molecule is Cc1cc2c(cc1C(=O)Nc1cccc3cccnc13)OCCO2. The Balaban J connectivity index is 1.69. The minimum absolute atomic E-state index is 0.192. The third-order valence-electron chi connectivity index (χ3n) is 4.01. The Kier molecular flexibility index (Phi) is 3.54.